The van der Waals surface area contributed by atoms with Crippen molar-refractivity contribution in [1.29, 1.82) is 0 Å². The molecule has 0 atom stereocenters. The Morgan fingerprint density at radius 1 is 1.22 bits per heavy atom. The lowest BCUT2D eigenvalue weighted by Crippen LogP contribution is -1.82. The van der Waals surface area contributed by atoms with Crippen LogP contribution in [0.25, 0.3) is 22.4 Å². The van der Waals surface area contributed by atoms with Gasteiger partial charge in [0.2, 0.25) is 0 Å². The summed E-state index contributed by atoms with van der Waals surface area (Å²) in [7, 11) is 0. The SMILES string of the molecule is Cc1ccc(-c2nc3c(F)cccc3[nH]2)cc1O. The van der Waals surface area contributed by atoms with Gasteiger partial charge in [-0.05, 0) is 30.7 Å². The van der Waals surface area contributed by atoms with Crippen molar-refractivity contribution < 1.29 is 9.50 Å². The third-order valence-corrected chi connectivity index (χ3v) is 2.95. The number of H-pyrrole nitrogens is 1. The Morgan fingerprint density at radius 2 is 2.06 bits per heavy atom. The van der Waals surface area contributed by atoms with Crippen LogP contribution in [0.5, 0.6) is 5.75 Å². The summed E-state index contributed by atoms with van der Waals surface area (Å²) in [5.74, 6) is 0.394. The van der Waals surface area contributed by atoms with E-state index in [4.69, 9.17) is 0 Å². The van der Waals surface area contributed by atoms with Crippen molar-refractivity contribution in [2.45, 2.75) is 6.92 Å². The van der Waals surface area contributed by atoms with Gasteiger partial charge in [-0.25, -0.2) is 9.37 Å². The summed E-state index contributed by atoms with van der Waals surface area (Å²) < 4.78 is 13.5. The Hall–Kier alpha value is -2.36. The summed E-state index contributed by atoms with van der Waals surface area (Å²) in [4.78, 5) is 7.25. The number of phenols is 1. The van der Waals surface area contributed by atoms with Gasteiger partial charge in [0.25, 0.3) is 0 Å². The van der Waals surface area contributed by atoms with Crippen molar-refractivity contribution in [2.75, 3.05) is 0 Å². The van der Waals surface area contributed by atoms with E-state index in [1.807, 2.05) is 13.0 Å². The number of fused-ring (bicyclic) bond motifs is 1. The van der Waals surface area contributed by atoms with Gasteiger partial charge in [0.1, 0.15) is 17.1 Å². The molecule has 3 rings (SSSR count). The van der Waals surface area contributed by atoms with E-state index in [1.165, 1.54) is 6.07 Å². The van der Waals surface area contributed by atoms with Crippen molar-refractivity contribution in [3.05, 3.63) is 47.8 Å². The van der Waals surface area contributed by atoms with Crippen LogP contribution in [0.4, 0.5) is 4.39 Å². The van der Waals surface area contributed by atoms with Gasteiger partial charge in [0.15, 0.2) is 5.82 Å². The number of aromatic amines is 1. The molecule has 4 heteroatoms. The average molecular weight is 242 g/mol. The highest BCUT2D eigenvalue weighted by molar-refractivity contribution is 5.80. The second-order valence-corrected chi connectivity index (χ2v) is 4.22. The number of aryl methyl sites for hydroxylation is 1. The van der Waals surface area contributed by atoms with Gasteiger partial charge in [-0.2, -0.15) is 0 Å². The lowest BCUT2D eigenvalue weighted by Gasteiger charge is -2.00. The molecule has 0 amide bonds. The highest BCUT2D eigenvalue weighted by atomic mass is 19.1. The lowest BCUT2D eigenvalue weighted by atomic mass is 10.1. The number of rotatable bonds is 1. The van der Waals surface area contributed by atoms with Crippen LogP contribution in [-0.2, 0) is 0 Å². The third kappa shape index (κ3) is 1.62. The fraction of sp³-hybridized carbons (Fsp3) is 0.0714. The van der Waals surface area contributed by atoms with Gasteiger partial charge < -0.3 is 10.1 Å². The summed E-state index contributed by atoms with van der Waals surface area (Å²) in [6, 6.07) is 10.0. The topological polar surface area (TPSA) is 48.9 Å². The van der Waals surface area contributed by atoms with Gasteiger partial charge in [-0.1, -0.05) is 18.2 Å². The number of hydrogen-bond acceptors (Lipinski definition) is 2. The minimum atomic E-state index is -0.355. The molecular formula is C14H11FN2O. The van der Waals surface area contributed by atoms with Crippen LogP contribution >= 0.6 is 0 Å². The van der Waals surface area contributed by atoms with E-state index in [0.717, 1.165) is 11.1 Å². The number of nitrogens with zero attached hydrogens (tertiary/aromatic N) is 1. The smallest absolute Gasteiger partial charge is 0.151 e. The Balaban J connectivity index is 2.19. The Bertz CT molecular complexity index is 734. The van der Waals surface area contributed by atoms with Crippen LogP contribution in [0.15, 0.2) is 36.4 Å². The van der Waals surface area contributed by atoms with Gasteiger partial charge in [0, 0.05) is 5.56 Å². The molecular weight excluding hydrogens is 231 g/mol. The lowest BCUT2D eigenvalue weighted by molar-refractivity contribution is 0.471. The number of hydrogen-bond donors (Lipinski definition) is 2. The van der Waals surface area contributed by atoms with E-state index in [9.17, 15) is 9.50 Å². The highest BCUT2D eigenvalue weighted by Gasteiger charge is 2.09. The first kappa shape index (κ1) is 10.8. The summed E-state index contributed by atoms with van der Waals surface area (Å²) in [6.45, 7) is 1.82. The molecule has 0 saturated heterocycles. The molecule has 90 valence electrons. The van der Waals surface area contributed by atoms with Gasteiger partial charge in [0.05, 0.1) is 5.52 Å². The number of aromatic hydroxyl groups is 1. The zero-order valence-corrected chi connectivity index (χ0v) is 9.74. The zero-order chi connectivity index (χ0) is 12.7. The minimum Gasteiger partial charge on any atom is -0.508 e. The molecule has 1 aromatic heterocycles. The molecule has 0 radical (unpaired) electrons. The number of aromatic nitrogens is 2. The van der Waals surface area contributed by atoms with Crippen LogP contribution in [0.1, 0.15) is 5.56 Å². The molecule has 0 spiro atoms. The Morgan fingerprint density at radius 3 is 2.78 bits per heavy atom. The fourth-order valence-electron chi connectivity index (χ4n) is 1.89. The second-order valence-electron chi connectivity index (χ2n) is 4.22. The maximum Gasteiger partial charge on any atom is 0.151 e. The summed E-state index contributed by atoms with van der Waals surface area (Å²) in [5, 5.41) is 9.68. The van der Waals surface area contributed by atoms with Crippen LogP contribution in [0, 0.1) is 12.7 Å². The van der Waals surface area contributed by atoms with Crippen molar-refractivity contribution >= 4 is 11.0 Å². The Kier molecular flexibility index (Phi) is 2.30. The number of para-hydroxylation sites is 1. The first-order valence-electron chi connectivity index (χ1n) is 5.59. The molecule has 3 nitrogen and oxygen atoms in total. The third-order valence-electron chi connectivity index (χ3n) is 2.95. The number of imidazole rings is 1. The molecule has 18 heavy (non-hydrogen) atoms. The predicted molar refractivity (Wildman–Crippen MR) is 67.9 cm³/mol. The van der Waals surface area contributed by atoms with E-state index < -0.39 is 0 Å². The molecule has 0 fully saturated rings. The average Bonchev–Trinajstić information content (AvgIpc) is 2.78. The Labute approximate surface area is 103 Å². The van der Waals surface area contributed by atoms with Crippen molar-refractivity contribution in [2.24, 2.45) is 0 Å². The van der Waals surface area contributed by atoms with Crippen molar-refractivity contribution in [3.63, 3.8) is 0 Å². The monoisotopic (exact) mass is 242 g/mol. The number of phenolic OH excluding ortho intramolecular Hbond substituents is 1. The highest BCUT2D eigenvalue weighted by Crippen LogP contribution is 2.26. The molecule has 0 saturated carbocycles. The van der Waals surface area contributed by atoms with Gasteiger partial charge in [-0.15, -0.1) is 0 Å². The molecule has 2 aromatic carbocycles. The van der Waals surface area contributed by atoms with E-state index >= 15 is 0 Å². The maximum absolute atomic E-state index is 13.5. The molecule has 2 N–H and O–H groups in total. The molecule has 0 bridgehead atoms. The maximum atomic E-state index is 13.5. The predicted octanol–water partition coefficient (Wildman–Crippen LogP) is 3.38. The van der Waals surface area contributed by atoms with Gasteiger partial charge in [-0.3, -0.25) is 0 Å². The summed E-state index contributed by atoms with van der Waals surface area (Å²) in [5.41, 5.74) is 2.48. The molecule has 1 heterocycles. The normalized spacial score (nSPS) is 11.0. The standard InChI is InChI=1S/C14H11FN2O/c1-8-5-6-9(7-12(8)18)14-16-11-4-2-3-10(15)13(11)17-14/h2-7,18H,1H3,(H,16,17). The fourth-order valence-corrected chi connectivity index (χ4v) is 1.89. The molecule has 0 aliphatic rings. The van der Waals surface area contributed by atoms with Crippen molar-refractivity contribution in [3.8, 4) is 17.1 Å². The van der Waals surface area contributed by atoms with E-state index in [0.29, 0.717) is 16.9 Å². The van der Waals surface area contributed by atoms with Crippen LogP contribution in [-0.4, -0.2) is 15.1 Å². The van der Waals surface area contributed by atoms with Gasteiger partial charge >= 0.3 is 0 Å². The summed E-state index contributed by atoms with van der Waals surface area (Å²) in [6.07, 6.45) is 0. The first-order chi connectivity index (χ1) is 8.65. The largest absolute Gasteiger partial charge is 0.508 e. The molecule has 0 aliphatic carbocycles. The van der Waals surface area contributed by atoms with E-state index in [-0.39, 0.29) is 11.6 Å². The summed E-state index contributed by atoms with van der Waals surface area (Å²) >= 11 is 0. The van der Waals surface area contributed by atoms with Crippen LogP contribution in [0.2, 0.25) is 0 Å². The van der Waals surface area contributed by atoms with E-state index in [2.05, 4.69) is 9.97 Å². The number of benzene rings is 2. The number of nitrogens with one attached hydrogen (secondary N) is 1. The van der Waals surface area contributed by atoms with Crippen molar-refractivity contribution in [1.82, 2.24) is 9.97 Å². The van der Waals surface area contributed by atoms with Crippen LogP contribution in [0.3, 0.4) is 0 Å². The number of halogens is 1. The molecule has 3 aromatic rings. The first-order valence-corrected chi connectivity index (χ1v) is 5.59. The quantitative estimate of drug-likeness (QED) is 0.687. The van der Waals surface area contributed by atoms with E-state index in [1.54, 1.807) is 24.3 Å². The minimum absolute atomic E-state index is 0.202. The van der Waals surface area contributed by atoms with Crippen LogP contribution < -0.4 is 0 Å². The molecule has 0 aliphatic heterocycles. The zero-order valence-electron chi connectivity index (χ0n) is 9.74. The molecule has 0 unspecified atom stereocenters. The second kappa shape index (κ2) is 3.84.